The normalized spacial score (nSPS) is 44.4. The van der Waals surface area contributed by atoms with Crippen LogP contribution >= 0.6 is 0 Å². The van der Waals surface area contributed by atoms with Crippen molar-refractivity contribution < 1.29 is 13.2 Å². The maximum atomic E-state index is 15.5. The molecule has 0 aromatic rings. The van der Waals surface area contributed by atoms with Gasteiger partial charge in [-0.1, -0.05) is 78.1 Å². The van der Waals surface area contributed by atoms with Crippen molar-refractivity contribution in [1.82, 2.24) is 0 Å². The molecule has 0 aliphatic heterocycles. The van der Waals surface area contributed by atoms with Gasteiger partial charge < -0.3 is 0 Å². The monoisotopic (exact) mass is 510 g/mol. The maximum absolute atomic E-state index is 15.5. The van der Waals surface area contributed by atoms with Crippen LogP contribution in [-0.2, 0) is 0 Å². The minimum atomic E-state index is -1.24. The number of alkyl halides is 3. The smallest absolute Gasteiger partial charge is 0.134 e. The topological polar surface area (TPSA) is 0 Å². The molecule has 0 radical (unpaired) electrons. The first-order chi connectivity index (χ1) is 17.5. The van der Waals surface area contributed by atoms with E-state index in [0.717, 1.165) is 83.0 Å². The molecule has 36 heavy (non-hydrogen) atoms. The molecule has 7 unspecified atom stereocenters. The molecule has 0 N–H and O–H groups in total. The summed E-state index contributed by atoms with van der Waals surface area (Å²) in [5, 5.41) is 0. The molecule has 0 heterocycles. The first-order valence-electron chi connectivity index (χ1n) is 16.4. The van der Waals surface area contributed by atoms with Gasteiger partial charge in [0.1, 0.15) is 18.5 Å². The third kappa shape index (κ3) is 7.46. The molecule has 4 aliphatic carbocycles. The molecule has 7 atom stereocenters. The van der Waals surface area contributed by atoms with Crippen molar-refractivity contribution in [2.24, 2.45) is 47.3 Å². The molecular weight excluding hydrogens is 453 g/mol. The van der Waals surface area contributed by atoms with Gasteiger partial charge in [0.05, 0.1) is 0 Å². The summed E-state index contributed by atoms with van der Waals surface area (Å²) in [6.45, 7) is 4.48. The van der Waals surface area contributed by atoms with Crippen LogP contribution in [0.15, 0.2) is 0 Å². The van der Waals surface area contributed by atoms with Crippen LogP contribution in [0.2, 0.25) is 0 Å². The minimum absolute atomic E-state index is 0.0270. The predicted octanol–water partition coefficient (Wildman–Crippen LogP) is 10.8. The van der Waals surface area contributed by atoms with Gasteiger partial charge >= 0.3 is 0 Å². The van der Waals surface area contributed by atoms with E-state index in [1.165, 1.54) is 51.4 Å². The van der Waals surface area contributed by atoms with Crippen molar-refractivity contribution in [3.05, 3.63) is 0 Å². The van der Waals surface area contributed by atoms with Crippen LogP contribution in [0, 0.1) is 47.3 Å². The van der Waals surface area contributed by atoms with Crippen LogP contribution in [0.3, 0.4) is 0 Å². The molecule has 0 amide bonds. The standard InChI is InChI=1S/C33H57F3/c1-3-5-7-25-13-19-28(31(34)22-25)18-12-24-10-16-27(17-11-24)30-21-20-29(32(35)33(30)36)26-14-8-23(6-4-2)9-15-26/h23-33H,3-22H2,1-2H3. The molecule has 210 valence electrons. The van der Waals surface area contributed by atoms with Crippen molar-refractivity contribution in [2.75, 3.05) is 0 Å². The molecule has 0 spiro atoms. The van der Waals surface area contributed by atoms with Crippen LogP contribution in [-0.4, -0.2) is 18.5 Å². The van der Waals surface area contributed by atoms with Gasteiger partial charge in [-0.25, -0.2) is 13.2 Å². The Balaban J connectivity index is 1.16. The first kappa shape index (κ1) is 28.8. The highest BCUT2D eigenvalue weighted by molar-refractivity contribution is 4.95. The van der Waals surface area contributed by atoms with E-state index in [1.54, 1.807) is 0 Å². The lowest BCUT2D eigenvalue weighted by molar-refractivity contribution is -0.0372. The van der Waals surface area contributed by atoms with Gasteiger partial charge in [0.2, 0.25) is 0 Å². The summed E-state index contributed by atoms with van der Waals surface area (Å²) in [5.74, 6) is 3.11. The van der Waals surface area contributed by atoms with Gasteiger partial charge in [0, 0.05) is 0 Å². The van der Waals surface area contributed by atoms with Crippen molar-refractivity contribution in [2.45, 2.75) is 161 Å². The quantitative estimate of drug-likeness (QED) is 0.274. The first-order valence-corrected chi connectivity index (χ1v) is 16.4. The highest BCUT2D eigenvalue weighted by atomic mass is 19.2. The molecule has 0 bridgehead atoms. The van der Waals surface area contributed by atoms with Gasteiger partial charge in [0.15, 0.2) is 0 Å². The van der Waals surface area contributed by atoms with Crippen LogP contribution in [0.1, 0.15) is 142 Å². The van der Waals surface area contributed by atoms with Gasteiger partial charge in [-0.2, -0.15) is 0 Å². The largest absolute Gasteiger partial charge is 0.247 e. The van der Waals surface area contributed by atoms with Crippen molar-refractivity contribution in [3.63, 3.8) is 0 Å². The predicted molar refractivity (Wildman–Crippen MR) is 146 cm³/mol. The molecule has 4 rings (SSSR count). The van der Waals surface area contributed by atoms with Gasteiger partial charge in [0.25, 0.3) is 0 Å². The molecule has 4 aliphatic rings. The molecule has 0 aromatic heterocycles. The second-order valence-electron chi connectivity index (χ2n) is 13.8. The average Bonchev–Trinajstić information content (AvgIpc) is 2.90. The molecule has 0 saturated heterocycles. The summed E-state index contributed by atoms with van der Waals surface area (Å²) < 4.78 is 45.7. The highest BCUT2D eigenvalue weighted by Gasteiger charge is 2.46. The van der Waals surface area contributed by atoms with Crippen LogP contribution in [0.4, 0.5) is 13.2 Å². The third-order valence-corrected chi connectivity index (χ3v) is 11.6. The molecule has 0 aromatic carbocycles. The second kappa shape index (κ2) is 14.3. The Kier molecular flexibility index (Phi) is 11.4. The zero-order valence-corrected chi connectivity index (χ0v) is 23.6. The van der Waals surface area contributed by atoms with Crippen LogP contribution < -0.4 is 0 Å². The fourth-order valence-corrected chi connectivity index (χ4v) is 9.17. The maximum Gasteiger partial charge on any atom is 0.134 e. The van der Waals surface area contributed by atoms with Gasteiger partial charge in [-0.15, -0.1) is 0 Å². The molecule has 3 heteroatoms. The Hall–Kier alpha value is -0.210. The van der Waals surface area contributed by atoms with E-state index in [9.17, 15) is 4.39 Å². The lowest BCUT2D eigenvalue weighted by Crippen LogP contribution is -2.45. The Bertz CT molecular complexity index is 606. The average molecular weight is 511 g/mol. The van der Waals surface area contributed by atoms with E-state index in [-0.39, 0.29) is 17.8 Å². The van der Waals surface area contributed by atoms with E-state index in [2.05, 4.69) is 13.8 Å². The Morgan fingerprint density at radius 2 is 1.03 bits per heavy atom. The number of hydrogen-bond donors (Lipinski definition) is 0. The molecule has 4 fully saturated rings. The lowest BCUT2D eigenvalue weighted by atomic mass is 9.63. The summed E-state index contributed by atoms with van der Waals surface area (Å²) in [6.07, 6.45) is 19.4. The Labute approximate surface area is 221 Å². The van der Waals surface area contributed by atoms with Crippen LogP contribution in [0.25, 0.3) is 0 Å². The van der Waals surface area contributed by atoms with Crippen LogP contribution in [0.5, 0.6) is 0 Å². The zero-order chi connectivity index (χ0) is 25.5. The van der Waals surface area contributed by atoms with Crippen molar-refractivity contribution in [1.29, 1.82) is 0 Å². The number of halogens is 3. The number of unbranched alkanes of at least 4 members (excludes halogenated alkanes) is 1. The fraction of sp³-hybridized carbons (Fsp3) is 1.00. The van der Waals surface area contributed by atoms with E-state index < -0.39 is 18.5 Å². The summed E-state index contributed by atoms with van der Waals surface area (Å²) in [7, 11) is 0. The zero-order valence-electron chi connectivity index (χ0n) is 23.6. The van der Waals surface area contributed by atoms with E-state index >= 15 is 8.78 Å². The Morgan fingerprint density at radius 3 is 1.53 bits per heavy atom. The summed E-state index contributed by atoms with van der Waals surface area (Å²) in [6, 6.07) is 0. The SMILES string of the molecule is CCCCC1CCC(CCC2CCC(C3CCC(C4CCC(CCC)CC4)C(F)C3F)CC2)C(F)C1. The third-order valence-electron chi connectivity index (χ3n) is 11.6. The van der Waals surface area contributed by atoms with E-state index in [0.29, 0.717) is 23.7 Å². The van der Waals surface area contributed by atoms with Gasteiger partial charge in [-0.05, 0) is 112 Å². The summed E-state index contributed by atoms with van der Waals surface area (Å²) in [4.78, 5) is 0. The molecule has 0 nitrogen and oxygen atoms in total. The lowest BCUT2D eigenvalue weighted by Gasteiger charge is -2.45. The number of rotatable bonds is 10. The summed E-state index contributed by atoms with van der Waals surface area (Å²) >= 11 is 0. The Morgan fingerprint density at radius 1 is 0.500 bits per heavy atom. The van der Waals surface area contributed by atoms with Crippen molar-refractivity contribution in [3.8, 4) is 0 Å². The molecular formula is C33H57F3. The van der Waals surface area contributed by atoms with E-state index in [1.807, 2.05) is 0 Å². The fourth-order valence-electron chi connectivity index (χ4n) is 9.17. The summed E-state index contributed by atoms with van der Waals surface area (Å²) in [5.41, 5.74) is 0. The highest BCUT2D eigenvalue weighted by Crippen LogP contribution is 2.49. The van der Waals surface area contributed by atoms with Gasteiger partial charge in [-0.3, -0.25) is 0 Å². The van der Waals surface area contributed by atoms with E-state index in [4.69, 9.17) is 0 Å². The van der Waals surface area contributed by atoms with Crippen molar-refractivity contribution >= 4 is 0 Å². The second-order valence-corrected chi connectivity index (χ2v) is 13.8. The number of hydrogen-bond acceptors (Lipinski definition) is 0. The molecule has 4 saturated carbocycles. The minimum Gasteiger partial charge on any atom is -0.247 e.